The fourth-order valence-corrected chi connectivity index (χ4v) is 6.55. The monoisotopic (exact) mass is 479 g/mol. The van der Waals surface area contributed by atoms with Gasteiger partial charge in [0.15, 0.2) is 0 Å². The van der Waals surface area contributed by atoms with E-state index in [1.807, 2.05) is 6.92 Å². The van der Waals surface area contributed by atoms with Gasteiger partial charge in [-0.3, -0.25) is 4.79 Å². The van der Waals surface area contributed by atoms with Crippen molar-refractivity contribution in [2.24, 2.45) is 0 Å². The number of fused-ring (bicyclic) bond motifs is 1. The van der Waals surface area contributed by atoms with Gasteiger partial charge >= 0.3 is 0 Å². The molecule has 2 heterocycles. The maximum Gasteiger partial charge on any atom is 0.225 e. The number of hydrogen-bond acceptors (Lipinski definition) is 4. The molecule has 28 heavy (non-hydrogen) atoms. The average Bonchev–Trinajstić information content (AvgIpc) is 3.08. The van der Waals surface area contributed by atoms with Gasteiger partial charge in [0.2, 0.25) is 15.7 Å². The fourth-order valence-electron chi connectivity index (χ4n) is 3.24. The van der Waals surface area contributed by atoms with Gasteiger partial charge in [-0.25, -0.2) is 12.8 Å². The molecule has 1 aromatic heterocycles. The van der Waals surface area contributed by atoms with E-state index in [0.29, 0.717) is 10.2 Å². The van der Waals surface area contributed by atoms with Gasteiger partial charge in [-0.15, -0.1) is 11.3 Å². The molecule has 1 N–H and O–H groups in total. The van der Waals surface area contributed by atoms with Crippen LogP contribution < -0.4 is 5.32 Å². The number of thiophene rings is 1. The largest absolute Gasteiger partial charge is 0.324 e. The third-order valence-electron chi connectivity index (χ3n) is 4.72. The summed E-state index contributed by atoms with van der Waals surface area (Å²) in [5, 5.41) is 4.29. The Morgan fingerprint density at radius 1 is 1.18 bits per heavy atom. The molecule has 4 rings (SSSR count). The molecule has 2 aromatic carbocycles. The molecule has 0 radical (unpaired) electrons. The molecule has 0 bridgehead atoms. The molecule has 1 aliphatic heterocycles. The van der Waals surface area contributed by atoms with Crippen LogP contribution in [0, 0.1) is 12.7 Å². The van der Waals surface area contributed by atoms with Crippen LogP contribution in [0.2, 0.25) is 0 Å². The van der Waals surface area contributed by atoms with Crippen molar-refractivity contribution in [1.29, 1.82) is 0 Å². The van der Waals surface area contributed by atoms with Gasteiger partial charge in [0.05, 0.1) is 15.1 Å². The van der Waals surface area contributed by atoms with Crippen molar-refractivity contribution in [1.82, 2.24) is 0 Å². The van der Waals surface area contributed by atoms with E-state index in [0.717, 1.165) is 16.0 Å². The third kappa shape index (κ3) is 3.29. The summed E-state index contributed by atoms with van der Waals surface area (Å²) < 4.78 is 40.2. The Labute approximate surface area is 174 Å². The van der Waals surface area contributed by atoms with Crippen molar-refractivity contribution >= 4 is 48.7 Å². The number of anilines is 1. The molecule has 4 nitrogen and oxygen atoms in total. The van der Waals surface area contributed by atoms with E-state index < -0.39 is 15.7 Å². The molecule has 3 aromatic rings. The minimum absolute atomic E-state index is 0.0931. The molecule has 144 valence electrons. The normalized spacial score (nSPS) is 16.5. The summed E-state index contributed by atoms with van der Waals surface area (Å²) >= 11 is 4.46. The van der Waals surface area contributed by atoms with Crippen LogP contribution in [0.15, 0.2) is 62.1 Å². The van der Waals surface area contributed by atoms with Crippen LogP contribution in [0.4, 0.5) is 10.1 Å². The van der Waals surface area contributed by atoms with Crippen molar-refractivity contribution < 1.29 is 17.6 Å². The lowest BCUT2D eigenvalue weighted by Gasteiger charge is -2.24. The Kier molecular flexibility index (Phi) is 4.89. The van der Waals surface area contributed by atoms with Crippen LogP contribution in [-0.4, -0.2) is 14.3 Å². The van der Waals surface area contributed by atoms with Crippen LogP contribution in [0.25, 0.3) is 0 Å². The predicted octanol–water partition coefficient (Wildman–Crippen LogP) is 5.27. The summed E-state index contributed by atoms with van der Waals surface area (Å²) in [6, 6.07) is 11.2. The van der Waals surface area contributed by atoms with E-state index >= 15 is 0 Å². The van der Waals surface area contributed by atoms with Gasteiger partial charge in [-0.05, 0) is 52.7 Å². The molecule has 1 amide bonds. The molecule has 1 aliphatic rings. The van der Waals surface area contributed by atoms with Crippen LogP contribution >= 0.6 is 27.3 Å². The molecule has 0 aliphatic carbocycles. The first-order chi connectivity index (χ1) is 13.3. The topological polar surface area (TPSA) is 63.2 Å². The average molecular weight is 480 g/mol. The molecule has 0 saturated carbocycles. The van der Waals surface area contributed by atoms with Crippen molar-refractivity contribution in [3.63, 3.8) is 0 Å². The number of amides is 1. The first-order valence-electron chi connectivity index (χ1n) is 8.45. The summed E-state index contributed by atoms with van der Waals surface area (Å²) in [4.78, 5) is 13.4. The van der Waals surface area contributed by atoms with Crippen LogP contribution in [0.1, 0.15) is 28.3 Å². The van der Waals surface area contributed by atoms with E-state index in [1.54, 1.807) is 41.8 Å². The first-order valence-corrected chi connectivity index (χ1v) is 11.6. The van der Waals surface area contributed by atoms with E-state index in [4.69, 9.17) is 0 Å². The van der Waals surface area contributed by atoms with Gasteiger partial charge in [0.1, 0.15) is 10.7 Å². The van der Waals surface area contributed by atoms with Gasteiger partial charge in [-0.1, -0.05) is 23.8 Å². The summed E-state index contributed by atoms with van der Waals surface area (Å²) in [5.41, 5.74) is 2.04. The number of nitrogens with one attached hydrogen (secondary N) is 1. The smallest absolute Gasteiger partial charge is 0.225 e. The zero-order valence-electron chi connectivity index (χ0n) is 14.7. The minimum atomic E-state index is -3.77. The summed E-state index contributed by atoms with van der Waals surface area (Å²) in [6.07, 6.45) is 0.176. The Morgan fingerprint density at radius 2 is 1.89 bits per heavy atom. The van der Waals surface area contributed by atoms with E-state index in [1.165, 1.54) is 17.4 Å². The highest BCUT2D eigenvalue weighted by Gasteiger charge is 2.34. The summed E-state index contributed by atoms with van der Waals surface area (Å²) in [5.74, 6) is -0.984. The van der Waals surface area contributed by atoms with Crippen molar-refractivity contribution in [3.05, 3.63) is 74.1 Å². The minimum Gasteiger partial charge on any atom is -0.324 e. The highest BCUT2D eigenvalue weighted by atomic mass is 79.9. The number of aryl methyl sites for hydroxylation is 1. The lowest BCUT2D eigenvalue weighted by molar-refractivity contribution is -0.116. The third-order valence-corrected chi connectivity index (χ3v) is 8.37. The Bertz CT molecular complexity index is 1190. The molecule has 8 heteroatoms. The highest BCUT2D eigenvalue weighted by Crippen LogP contribution is 2.46. The van der Waals surface area contributed by atoms with Gasteiger partial charge in [0, 0.05) is 22.6 Å². The summed E-state index contributed by atoms with van der Waals surface area (Å²) in [7, 11) is -3.77. The molecular weight excluding hydrogens is 465 g/mol. The van der Waals surface area contributed by atoms with Crippen molar-refractivity contribution in [2.75, 3.05) is 5.32 Å². The quantitative estimate of drug-likeness (QED) is 0.556. The van der Waals surface area contributed by atoms with Gasteiger partial charge in [-0.2, -0.15) is 0 Å². The number of carbonyl (C=O) groups excluding carboxylic acids is 1. The Hall–Kier alpha value is -2.03. The zero-order chi connectivity index (χ0) is 20.1. The number of halogens is 2. The Morgan fingerprint density at radius 3 is 2.57 bits per heavy atom. The van der Waals surface area contributed by atoms with E-state index in [2.05, 4.69) is 21.2 Å². The van der Waals surface area contributed by atoms with Crippen LogP contribution in [0.3, 0.4) is 0 Å². The molecule has 0 saturated heterocycles. The number of sulfone groups is 1. The van der Waals surface area contributed by atoms with E-state index in [9.17, 15) is 17.6 Å². The number of benzene rings is 2. The maximum absolute atomic E-state index is 13.6. The second-order valence-corrected chi connectivity index (χ2v) is 10.3. The number of carbonyl (C=O) groups is 1. The molecular formula is C20H15BrFNO3S2. The van der Waals surface area contributed by atoms with Gasteiger partial charge < -0.3 is 5.32 Å². The standard InChI is InChI=1S/C20H15BrFNO3S2/c1-11-2-5-13(6-3-11)28(25,26)17-10-27-20-14(9-18(24)23-19(17)20)12-4-7-16(22)15(21)8-12/h2-8,10,14H,9H2,1H3,(H,23,24). The maximum atomic E-state index is 13.6. The van der Waals surface area contributed by atoms with Crippen LogP contribution in [0.5, 0.6) is 0 Å². The van der Waals surface area contributed by atoms with Gasteiger partial charge in [0.25, 0.3) is 0 Å². The van der Waals surface area contributed by atoms with Crippen molar-refractivity contribution in [2.45, 2.75) is 29.1 Å². The SMILES string of the molecule is Cc1ccc(S(=O)(=O)c2csc3c2NC(=O)CC3c2ccc(F)c(Br)c2)cc1. The summed E-state index contributed by atoms with van der Waals surface area (Å²) in [6.45, 7) is 1.88. The molecule has 0 fully saturated rings. The Balaban J connectivity index is 1.82. The first kappa shape index (κ1) is 19.3. The molecule has 1 unspecified atom stereocenters. The molecule has 1 atom stereocenters. The van der Waals surface area contributed by atoms with Crippen molar-refractivity contribution in [3.8, 4) is 0 Å². The number of hydrogen-bond donors (Lipinski definition) is 1. The molecule has 0 spiro atoms. The zero-order valence-corrected chi connectivity index (χ0v) is 17.9. The highest BCUT2D eigenvalue weighted by molar-refractivity contribution is 9.10. The lowest BCUT2D eigenvalue weighted by atomic mass is 9.91. The fraction of sp³-hybridized carbons (Fsp3) is 0.150. The van der Waals surface area contributed by atoms with Crippen LogP contribution in [-0.2, 0) is 14.6 Å². The number of rotatable bonds is 3. The lowest BCUT2D eigenvalue weighted by Crippen LogP contribution is -2.23. The van der Waals surface area contributed by atoms with E-state index in [-0.39, 0.29) is 28.0 Å². The second-order valence-electron chi connectivity index (χ2n) is 6.63. The predicted molar refractivity (Wildman–Crippen MR) is 110 cm³/mol. The second kappa shape index (κ2) is 7.09.